The highest BCUT2D eigenvalue weighted by Gasteiger charge is 2.32. The fourth-order valence-electron chi connectivity index (χ4n) is 4.03. The van der Waals surface area contributed by atoms with Gasteiger partial charge in [-0.15, -0.1) is 0 Å². The predicted molar refractivity (Wildman–Crippen MR) is 156 cm³/mol. The Labute approximate surface area is 236 Å². The number of carbonyl (C=O) groups excluding carboxylic acids is 2. The summed E-state index contributed by atoms with van der Waals surface area (Å²) in [5, 5.41) is 3.44. The summed E-state index contributed by atoms with van der Waals surface area (Å²) in [6.45, 7) is 7.66. The second-order valence-electron chi connectivity index (χ2n) is 9.56. The van der Waals surface area contributed by atoms with Crippen molar-refractivity contribution < 1.29 is 18.0 Å². The average molecular weight is 570 g/mol. The Hall–Kier alpha value is -3.36. The molecule has 0 aromatic heterocycles. The minimum absolute atomic E-state index is 0.0747. The standard InChI is InChI=1S/C30H36ClN3O4S/c1-5-6-18-32-30(36)24(4)33(20-25-13-15-26(31)16-14-25)29(35)21-34(27-17-12-22(2)23(3)19-27)39(37,38)28-10-8-7-9-11-28/h7-17,19,24H,5-6,18,20-21H2,1-4H3,(H,32,36)/t24-/m1/s1. The minimum Gasteiger partial charge on any atom is -0.354 e. The molecule has 9 heteroatoms. The predicted octanol–water partition coefficient (Wildman–Crippen LogP) is 5.49. The molecule has 1 atom stereocenters. The van der Waals surface area contributed by atoms with Crippen LogP contribution in [0.2, 0.25) is 5.02 Å². The lowest BCUT2D eigenvalue weighted by Gasteiger charge is -2.32. The van der Waals surface area contributed by atoms with Gasteiger partial charge in [0.2, 0.25) is 11.8 Å². The maximum atomic E-state index is 13.9. The second kappa shape index (κ2) is 13.6. The van der Waals surface area contributed by atoms with E-state index < -0.39 is 28.5 Å². The molecule has 0 spiro atoms. The third kappa shape index (κ3) is 7.83. The van der Waals surface area contributed by atoms with Gasteiger partial charge in [0.15, 0.2) is 0 Å². The molecule has 0 unspecified atom stereocenters. The van der Waals surface area contributed by atoms with E-state index in [1.807, 2.05) is 26.8 Å². The molecule has 3 aromatic rings. The molecule has 0 aliphatic rings. The molecule has 1 N–H and O–H groups in total. The lowest BCUT2D eigenvalue weighted by molar-refractivity contribution is -0.139. The first-order valence-corrected chi connectivity index (χ1v) is 14.8. The van der Waals surface area contributed by atoms with Gasteiger partial charge in [-0.05, 0) is 80.3 Å². The number of nitrogens with zero attached hydrogens (tertiary/aromatic N) is 2. The Kier molecular flexibility index (Phi) is 10.5. The number of hydrogen-bond acceptors (Lipinski definition) is 4. The van der Waals surface area contributed by atoms with Gasteiger partial charge in [-0.3, -0.25) is 13.9 Å². The first-order valence-electron chi connectivity index (χ1n) is 13.0. The third-order valence-electron chi connectivity index (χ3n) is 6.65. The molecule has 0 saturated carbocycles. The molecule has 0 radical (unpaired) electrons. The highest BCUT2D eigenvalue weighted by molar-refractivity contribution is 7.92. The van der Waals surface area contributed by atoms with Crippen molar-refractivity contribution >= 4 is 39.1 Å². The summed E-state index contributed by atoms with van der Waals surface area (Å²) >= 11 is 6.05. The zero-order valence-electron chi connectivity index (χ0n) is 22.9. The molecule has 39 heavy (non-hydrogen) atoms. The Morgan fingerprint density at radius 2 is 1.62 bits per heavy atom. The normalized spacial score (nSPS) is 12.0. The molecule has 0 heterocycles. The zero-order valence-corrected chi connectivity index (χ0v) is 24.4. The van der Waals surface area contributed by atoms with E-state index in [1.165, 1.54) is 17.0 Å². The largest absolute Gasteiger partial charge is 0.354 e. The number of anilines is 1. The number of amides is 2. The van der Waals surface area contributed by atoms with Crippen LogP contribution in [-0.4, -0.2) is 44.3 Å². The molecule has 0 aliphatic heterocycles. The molecule has 3 rings (SSSR count). The first-order chi connectivity index (χ1) is 18.5. The van der Waals surface area contributed by atoms with Crippen LogP contribution in [0.25, 0.3) is 0 Å². The Balaban J connectivity index is 2.00. The Bertz CT molecular complexity index is 1380. The summed E-state index contributed by atoms with van der Waals surface area (Å²) in [5.41, 5.74) is 3.05. The fraction of sp³-hybridized carbons (Fsp3) is 0.333. The van der Waals surface area contributed by atoms with E-state index in [-0.39, 0.29) is 17.3 Å². The second-order valence-corrected chi connectivity index (χ2v) is 11.9. The summed E-state index contributed by atoms with van der Waals surface area (Å²) in [7, 11) is -4.09. The van der Waals surface area contributed by atoms with Gasteiger partial charge in [0.1, 0.15) is 12.6 Å². The maximum Gasteiger partial charge on any atom is 0.264 e. The molecule has 0 bridgehead atoms. The summed E-state index contributed by atoms with van der Waals surface area (Å²) in [4.78, 5) is 28.4. The van der Waals surface area contributed by atoms with Crippen molar-refractivity contribution in [1.29, 1.82) is 0 Å². The minimum atomic E-state index is -4.09. The highest BCUT2D eigenvalue weighted by atomic mass is 35.5. The SMILES string of the molecule is CCCCNC(=O)[C@@H](C)N(Cc1ccc(Cl)cc1)C(=O)CN(c1ccc(C)c(C)c1)S(=O)(=O)c1ccccc1. The lowest BCUT2D eigenvalue weighted by atomic mass is 10.1. The monoisotopic (exact) mass is 569 g/mol. The van der Waals surface area contributed by atoms with Gasteiger partial charge in [-0.2, -0.15) is 0 Å². The van der Waals surface area contributed by atoms with Crippen molar-refractivity contribution in [2.75, 3.05) is 17.4 Å². The molecule has 3 aromatic carbocycles. The van der Waals surface area contributed by atoms with Crippen LogP contribution in [0.5, 0.6) is 0 Å². The average Bonchev–Trinajstić information content (AvgIpc) is 2.93. The van der Waals surface area contributed by atoms with Gasteiger partial charge < -0.3 is 10.2 Å². The van der Waals surface area contributed by atoms with Gasteiger partial charge >= 0.3 is 0 Å². The Morgan fingerprint density at radius 3 is 2.23 bits per heavy atom. The topological polar surface area (TPSA) is 86.8 Å². The zero-order chi connectivity index (χ0) is 28.6. The van der Waals surface area contributed by atoms with Crippen molar-refractivity contribution in [3.8, 4) is 0 Å². The first kappa shape index (κ1) is 30.2. The number of nitrogens with one attached hydrogen (secondary N) is 1. The van der Waals surface area contributed by atoms with Crippen LogP contribution < -0.4 is 9.62 Å². The van der Waals surface area contributed by atoms with Crippen LogP contribution in [0, 0.1) is 13.8 Å². The molecular formula is C30H36ClN3O4S. The molecule has 0 aliphatic carbocycles. The van der Waals surface area contributed by atoms with E-state index in [4.69, 9.17) is 11.6 Å². The van der Waals surface area contributed by atoms with E-state index >= 15 is 0 Å². The van der Waals surface area contributed by atoms with Gasteiger partial charge in [-0.25, -0.2) is 8.42 Å². The number of halogens is 1. The van der Waals surface area contributed by atoms with Crippen molar-refractivity contribution in [2.45, 2.75) is 58.0 Å². The number of benzene rings is 3. The molecule has 208 valence electrons. The lowest BCUT2D eigenvalue weighted by Crippen LogP contribution is -2.51. The number of rotatable bonds is 12. The third-order valence-corrected chi connectivity index (χ3v) is 8.69. The number of hydrogen-bond donors (Lipinski definition) is 1. The summed E-state index contributed by atoms with van der Waals surface area (Å²) in [6, 6.07) is 19.5. The fourth-order valence-corrected chi connectivity index (χ4v) is 5.59. The Morgan fingerprint density at radius 1 is 0.949 bits per heavy atom. The van der Waals surface area contributed by atoms with Crippen LogP contribution in [0.4, 0.5) is 5.69 Å². The van der Waals surface area contributed by atoms with Gasteiger partial charge in [0, 0.05) is 18.1 Å². The van der Waals surface area contributed by atoms with Crippen molar-refractivity contribution in [3.05, 3.63) is 94.5 Å². The van der Waals surface area contributed by atoms with Crippen LogP contribution in [0.1, 0.15) is 43.4 Å². The number of aryl methyl sites for hydroxylation is 2. The van der Waals surface area contributed by atoms with E-state index in [2.05, 4.69) is 5.32 Å². The molecule has 2 amide bonds. The maximum absolute atomic E-state index is 13.9. The highest BCUT2D eigenvalue weighted by Crippen LogP contribution is 2.26. The van der Waals surface area contributed by atoms with E-state index in [0.29, 0.717) is 17.3 Å². The van der Waals surface area contributed by atoms with E-state index in [9.17, 15) is 18.0 Å². The summed E-state index contributed by atoms with van der Waals surface area (Å²) in [6.07, 6.45) is 1.74. The molecule has 7 nitrogen and oxygen atoms in total. The molecular weight excluding hydrogens is 534 g/mol. The van der Waals surface area contributed by atoms with Crippen LogP contribution in [0.15, 0.2) is 77.7 Å². The van der Waals surface area contributed by atoms with E-state index in [1.54, 1.807) is 61.5 Å². The van der Waals surface area contributed by atoms with Crippen LogP contribution >= 0.6 is 11.6 Å². The van der Waals surface area contributed by atoms with Crippen LogP contribution in [-0.2, 0) is 26.2 Å². The van der Waals surface area contributed by atoms with Crippen molar-refractivity contribution in [1.82, 2.24) is 10.2 Å². The smallest absolute Gasteiger partial charge is 0.264 e. The van der Waals surface area contributed by atoms with E-state index in [0.717, 1.165) is 33.8 Å². The van der Waals surface area contributed by atoms with Crippen LogP contribution in [0.3, 0.4) is 0 Å². The van der Waals surface area contributed by atoms with Gasteiger partial charge in [-0.1, -0.05) is 61.3 Å². The number of carbonyl (C=O) groups is 2. The van der Waals surface area contributed by atoms with Crippen molar-refractivity contribution in [2.24, 2.45) is 0 Å². The van der Waals surface area contributed by atoms with Gasteiger partial charge in [0.05, 0.1) is 10.6 Å². The van der Waals surface area contributed by atoms with Crippen molar-refractivity contribution in [3.63, 3.8) is 0 Å². The number of sulfonamides is 1. The summed E-state index contributed by atoms with van der Waals surface area (Å²) < 4.78 is 28.8. The quantitative estimate of drug-likeness (QED) is 0.292. The summed E-state index contributed by atoms with van der Waals surface area (Å²) in [5.74, 6) is -0.796. The molecule has 0 saturated heterocycles. The molecule has 0 fully saturated rings. The van der Waals surface area contributed by atoms with Gasteiger partial charge in [0.25, 0.3) is 10.0 Å². The number of unbranched alkanes of at least 4 members (excludes halogenated alkanes) is 1.